The van der Waals surface area contributed by atoms with Crippen molar-refractivity contribution in [3.63, 3.8) is 0 Å². The van der Waals surface area contributed by atoms with Gasteiger partial charge in [0.2, 0.25) is 0 Å². The largest absolute Gasteiger partial charge is 0.459 e. The molecule has 0 radical (unpaired) electrons. The third-order valence-electron chi connectivity index (χ3n) is 1.26. The van der Waals surface area contributed by atoms with Crippen molar-refractivity contribution >= 4 is 12.3 Å². The van der Waals surface area contributed by atoms with Crippen LogP contribution in [0.25, 0.3) is 0 Å². The summed E-state index contributed by atoms with van der Waals surface area (Å²) in [5, 5.41) is 17.5. The Hall–Kier alpha value is -0.940. The summed E-state index contributed by atoms with van der Waals surface area (Å²) in [5.41, 5.74) is 0. The summed E-state index contributed by atoms with van der Waals surface area (Å²) < 4.78 is 4.56. The highest BCUT2D eigenvalue weighted by Gasteiger charge is 2.20. The molecule has 0 aliphatic heterocycles. The van der Waals surface area contributed by atoms with Crippen LogP contribution in [-0.2, 0) is 14.3 Å². The van der Waals surface area contributed by atoms with E-state index in [-0.39, 0.29) is 6.42 Å². The van der Waals surface area contributed by atoms with Crippen LogP contribution in [0.15, 0.2) is 0 Å². The average molecular weight is 176 g/mol. The lowest BCUT2D eigenvalue weighted by molar-refractivity contribution is -0.154. The van der Waals surface area contributed by atoms with Crippen LogP contribution in [0.1, 0.15) is 13.3 Å². The van der Waals surface area contributed by atoms with E-state index in [2.05, 4.69) is 4.74 Å². The lowest BCUT2D eigenvalue weighted by atomic mass is 10.1. The lowest BCUT2D eigenvalue weighted by Crippen LogP contribution is -2.33. The molecule has 0 rings (SSSR count). The summed E-state index contributed by atoms with van der Waals surface area (Å²) in [6.45, 7) is 0.633. The normalized spacial score (nSPS) is 14.9. The van der Waals surface area contributed by atoms with Crippen molar-refractivity contribution in [2.24, 2.45) is 0 Å². The molecule has 0 amide bonds. The molecule has 0 saturated heterocycles. The molecule has 12 heavy (non-hydrogen) atoms. The molecule has 0 aromatic carbocycles. The van der Waals surface area contributed by atoms with E-state index in [0.717, 1.165) is 0 Å². The fourth-order valence-corrected chi connectivity index (χ4v) is 0.709. The van der Waals surface area contributed by atoms with Crippen LogP contribution in [0, 0.1) is 0 Å². The Morgan fingerprint density at radius 1 is 1.67 bits per heavy atom. The van der Waals surface area contributed by atoms with Crippen molar-refractivity contribution in [2.45, 2.75) is 25.6 Å². The molecule has 5 heteroatoms. The number of aldehydes is 1. The minimum Gasteiger partial charge on any atom is -0.459 e. The number of carbonyl (C=O) groups excluding carboxylic acids is 2. The van der Waals surface area contributed by atoms with Crippen molar-refractivity contribution in [1.82, 2.24) is 0 Å². The molecule has 0 aromatic rings. The van der Waals surface area contributed by atoms with Gasteiger partial charge in [0.15, 0.2) is 0 Å². The molecule has 5 nitrogen and oxygen atoms in total. The maximum Gasteiger partial charge on any atom is 0.303 e. The third kappa shape index (κ3) is 4.05. The van der Waals surface area contributed by atoms with Gasteiger partial charge in [-0.15, -0.1) is 0 Å². The van der Waals surface area contributed by atoms with E-state index in [9.17, 15) is 9.59 Å². The van der Waals surface area contributed by atoms with Crippen LogP contribution in [-0.4, -0.2) is 41.3 Å². The number of rotatable bonds is 5. The van der Waals surface area contributed by atoms with Crippen molar-refractivity contribution in [2.75, 3.05) is 6.61 Å². The molecule has 0 aliphatic rings. The van der Waals surface area contributed by atoms with E-state index in [0.29, 0.717) is 6.29 Å². The smallest absolute Gasteiger partial charge is 0.303 e. The van der Waals surface area contributed by atoms with Crippen molar-refractivity contribution < 1.29 is 24.5 Å². The number of carbonyl (C=O) groups is 2. The molecule has 0 saturated carbocycles. The number of hydrogen-bond donors (Lipinski definition) is 2. The van der Waals surface area contributed by atoms with Gasteiger partial charge in [0.25, 0.3) is 0 Å². The second kappa shape index (κ2) is 5.68. The minimum atomic E-state index is -1.20. The Kier molecular flexibility index (Phi) is 5.23. The van der Waals surface area contributed by atoms with Crippen LogP contribution in [0.2, 0.25) is 0 Å². The molecule has 70 valence electrons. The van der Waals surface area contributed by atoms with Crippen LogP contribution in [0.4, 0.5) is 0 Å². The SMILES string of the molecule is CC(=O)O[C@@H](CC=O)[C@H](O)CO. The highest BCUT2D eigenvalue weighted by Crippen LogP contribution is 2.03. The summed E-state index contributed by atoms with van der Waals surface area (Å²) in [5.74, 6) is -0.589. The average Bonchev–Trinajstić information content (AvgIpc) is 2.01. The number of esters is 1. The van der Waals surface area contributed by atoms with E-state index < -0.39 is 24.8 Å². The van der Waals surface area contributed by atoms with Gasteiger partial charge in [-0.3, -0.25) is 4.79 Å². The summed E-state index contributed by atoms with van der Waals surface area (Å²) in [6.07, 6.45) is -1.72. The second-order valence-corrected chi connectivity index (χ2v) is 2.30. The molecular weight excluding hydrogens is 164 g/mol. The fourth-order valence-electron chi connectivity index (χ4n) is 0.709. The number of aliphatic hydroxyl groups is 2. The predicted octanol–water partition coefficient (Wildman–Crippen LogP) is -1.14. The van der Waals surface area contributed by atoms with Gasteiger partial charge >= 0.3 is 5.97 Å². The zero-order chi connectivity index (χ0) is 9.56. The molecule has 0 bridgehead atoms. The maximum absolute atomic E-state index is 10.4. The molecule has 0 aromatic heterocycles. The molecule has 2 atom stereocenters. The topological polar surface area (TPSA) is 83.8 Å². The van der Waals surface area contributed by atoms with E-state index in [1.807, 2.05) is 0 Å². The summed E-state index contributed by atoms with van der Waals surface area (Å²) in [4.78, 5) is 20.5. The van der Waals surface area contributed by atoms with E-state index >= 15 is 0 Å². The zero-order valence-corrected chi connectivity index (χ0v) is 6.77. The van der Waals surface area contributed by atoms with Gasteiger partial charge in [0, 0.05) is 13.3 Å². The lowest BCUT2D eigenvalue weighted by Gasteiger charge is -2.18. The first kappa shape index (κ1) is 11.1. The van der Waals surface area contributed by atoms with Gasteiger partial charge in [-0.05, 0) is 0 Å². The standard InChI is InChI=1S/C7H12O5/c1-5(10)12-7(2-3-8)6(11)4-9/h3,6-7,9,11H,2,4H2,1H3/t6-,7+/m1/s1. The summed E-state index contributed by atoms with van der Waals surface area (Å²) in [6, 6.07) is 0. The van der Waals surface area contributed by atoms with Crippen molar-refractivity contribution in [1.29, 1.82) is 0 Å². The van der Waals surface area contributed by atoms with Crippen molar-refractivity contribution in [3.05, 3.63) is 0 Å². The summed E-state index contributed by atoms with van der Waals surface area (Å²) >= 11 is 0. The van der Waals surface area contributed by atoms with Crippen molar-refractivity contribution in [3.8, 4) is 0 Å². The monoisotopic (exact) mass is 176 g/mol. The number of aliphatic hydroxyl groups excluding tert-OH is 2. The van der Waals surface area contributed by atoms with Gasteiger partial charge in [0.1, 0.15) is 18.5 Å². The van der Waals surface area contributed by atoms with Crippen LogP contribution in [0.3, 0.4) is 0 Å². The minimum absolute atomic E-state index is 0.110. The number of hydrogen-bond acceptors (Lipinski definition) is 5. The first-order valence-electron chi connectivity index (χ1n) is 3.51. The molecule has 0 aliphatic carbocycles. The Labute approximate surface area is 70.0 Å². The first-order chi connectivity index (χ1) is 5.61. The van der Waals surface area contributed by atoms with E-state index in [4.69, 9.17) is 10.2 Å². The third-order valence-corrected chi connectivity index (χ3v) is 1.26. The van der Waals surface area contributed by atoms with Crippen LogP contribution < -0.4 is 0 Å². The molecular formula is C7H12O5. The molecule has 0 spiro atoms. The Morgan fingerprint density at radius 3 is 2.58 bits per heavy atom. The molecule has 0 heterocycles. The quantitative estimate of drug-likeness (QED) is 0.408. The maximum atomic E-state index is 10.4. The Bertz CT molecular complexity index is 156. The van der Waals surface area contributed by atoms with Crippen LogP contribution >= 0.6 is 0 Å². The zero-order valence-electron chi connectivity index (χ0n) is 6.77. The predicted molar refractivity (Wildman–Crippen MR) is 39.3 cm³/mol. The van der Waals surface area contributed by atoms with Crippen LogP contribution in [0.5, 0.6) is 0 Å². The Morgan fingerprint density at radius 2 is 2.25 bits per heavy atom. The summed E-state index contributed by atoms with van der Waals surface area (Å²) in [7, 11) is 0. The van der Waals surface area contributed by atoms with Gasteiger partial charge < -0.3 is 19.7 Å². The first-order valence-corrected chi connectivity index (χ1v) is 3.51. The van der Waals surface area contributed by atoms with Gasteiger partial charge in [-0.1, -0.05) is 0 Å². The fraction of sp³-hybridized carbons (Fsp3) is 0.714. The Balaban J connectivity index is 4.01. The molecule has 0 unspecified atom stereocenters. The molecule has 0 fully saturated rings. The van der Waals surface area contributed by atoms with E-state index in [1.54, 1.807) is 0 Å². The molecule has 2 N–H and O–H groups in total. The number of ether oxygens (including phenoxy) is 1. The highest BCUT2D eigenvalue weighted by molar-refractivity contribution is 5.66. The second-order valence-electron chi connectivity index (χ2n) is 2.30. The van der Waals surface area contributed by atoms with E-state index in [1.165, 1.54) is 6.92 Å². The van der Waals surface area contributed by atoms with Gasteiger partial charge in [0.05, 0.1) is 6.61 Å². The highest BCUT2D eigenvalue weighted by atomic mass is 16.6. The van der Waals surface area contributed by atoms with Gasteiger partial charge in [-0.2, -0.15) is 0 Å². The van der Waals surface area contributed by atoms with Gasteiger partial charge in [-0.25, -0.2) is 0 Å².